The third kappa shape index (κ3) is 6.50. The van der Waals surface area contributed by atoms with Crippen LogP contribution in [0.4, 0.5) is 10.2 Å². The van der Waals surface area contributed by atoms with Gasteiger partial charge in [0.05, 0.1) is 29.1 Å². The number of benzene rings is 2. The van der Waals surface area contributed by atoms with E-state index in [-0.39, 0.29) is 17.5 Å². The Hall–Kier alpha value is -4.28. The molecule has 2 aromatic carbocycles. The summed E-state index contributed by atoms with van der Waals surface area (Å²) < 4.78 is 34.9. The largest absolute Gasteiger partial charge is 0.486 e. The molecule has 3 aliphatic rings. The fraction of sp³-hybridized carbons (Fsp3) is 0.417. The number of piperidine rings is 1. The first kappa shape index (κ1) is 31.7. The molecule has 10 heteroatoms. The zero-order valence-corrected chi connectivity index (χ0v) is 27.2. The monoisotopic (exact) mass is 628 g/mol. The van der Waals surface area contributed by atoms with Crippen molar-refractivity contribution in [2.75, 3.05) is 24.6 Å². The standard InChI is InChI=1S/C36H41FN4O5/c1-22-9-8-18-44-36(6)14-16-40(17-15-36)33-31(32(34(42)43)46-35(3,4)5)23(2)38-30-21-28(39-41(30)33)25-11-7-10-24(19-25)27-13-12-26(37)20-29(27)45-22/h7-13,19-22,32H,14-18H2,1-6H3,(H,42,43)/b9-8+/t22-,32-/m0/s1. The summed E-state index contributed by atoms with van der Waals surface area (Å²) in [7, 11) is 0. The lowest BCUT2D eigenvalue weighted by Crippen LogP contribution is -2.45. The van der Waals surface area contributed by atoms with E-state index in [0.29, 0.717) is 53.9 Å². The second kappa shape index (κ2) is 12.1. The minimum absolute atomic E-state index is 0.315. The van der Waals surface area contributed by atoms with Crippen LogP contribution in [0.5, 0.6) is 5.75 Å². The first-order chi connectivity index (χ1) is 21.8. The van der Waals surface area contributed by atoms with E-state index in [4.69, 9.17) is 24.3 Å². The van der Waals surface area contributed by atoms with Crippen LogP contribution in [0.15, 0.2) is 60.7 Å². The molecule has 7 rings (SSSR count). The molecular formula is C36H41FN4O5. The van der Waals surface area contributed by atoms with E-state index in [1.165, 1.54) is 12.1 Å². The van der Waals surface area contributed by atoms with Gasteiger partial charge in [0.2, 0.25) is 0 Å². The minimum atomic E-state index is -1.25. The summed E-state index contributed by atoms with van der Waals surface area (Å²) in [6, 6.07) is 14.3. The van der Waals surface area contributed by atoms with Crippen molar-refractivity contribution in [3.05, 3.63) is 77.8 Å². The summed E-state index contributed by atoms with van der Waals surface area (Å²) in [6.45, 7) is 13.0. The van der Waals surface area contributed by atoms with Crippen molar-refractivity contribution < 1.29 is 28.5 Å². The second-order valence-electron chi connectivity index (χ2n) is 13.4. The molecule has 0 aliphatic carbocycles. The molecule has 4 aromatic rings. The fourth-order valence-corrected chi connectivity index (χ4v) is 6.20. The Morgan fingerprint density at radius 3 is 2.59 bits per heavy atom. The Kier molecular flexibility index (Phi) is 8.37. The molecule has 0 saturated carbocycles. The van der Waals surface area contributed by atoms with Gasteiger partial charge < -0.3 is 24.2 Å². The Balaban J connectivity index is 1.56. The molecular weight excluding hydrogens is 587 g/mol. The second-order valence-corrected chi connectivity index (χ2v) is 13.4. The molecule has 3 aliphatic heterocycles. The highest BCUT2D eigenvalue weighted by molar-refractivity contribution is 5.80. The SMILES string of the molecule is Cc1nc2cc3nn2c(c1[C@H](OC(C)(C)C)C(=O)O)N1CCC(C)(CC1)OC/C=C/[C@H](C)Oc1cc(F)ccc1-c1cccc-3c1. The topological polar surface area (TPSA) is 98.4 Å². The Bertz CT molecular complexity index is 1800. The molecule has 242 valence electrons. The summed E-state index contributed by atoms with van der Waals surface area (Å²) in [6.07, 6.45) is 3.73. The first-order valence-electron chi connectivity index (χ1n) is 15.7. The van der Waals surface area contributed by atoms with Crippen molar-refractivity contribution in [1.82, 2.24) is 14.6 Å². The quantitative estimate of drug-likeness (QED) is 0.239. The molecule has 0 radical (unpaired) electrons. The van der Waals surface area contributed by atoms with Crippen molar-refractivity contribution >= 4 is 17.4 Å². The van der Waals surface area contributed by atoms with E-state index in [1.54, 1.807) is 10.6 Å². The summed E-state index contributed by atoms with van der Waals surface area (Å²) in [5.41, 5.74) is 3.63. The molecule has 1 saturated heterocycles. The Labute approximate surface area is 268 Å². The van der Waals surface area contributed by atoms with E-state index >= 15 is 0 Å². The van der Waals surface area contributed by atoms with Crippen LogP contribution >= 0.6 is 0 Å². The van der Waals surface area contributed by atoms with Gasteiger partial charge in [0.25, 0.3) is 0 Å². The highest BCUT2D eigenvalue weighted by atomic mass is 19.1. The smallest absolute Gasteiger partial charge is 0.337 e. The van der Waals surface area contributed by atoms with Crippen molar-refractivity contribution in [3.8, 4) is 28.1 Å². The fourth-order valence-electron chi connectivity index (χ4n) is 6.20. The summed E-state index contributed by atoms with van der Waals surface area (Å²) in [5, 5.41) is 15.5. The number of carboxylic acids is 1. The minimum Gasteiger partial charge on any atom is -0.486 e. The van der Waals surface area contributed by atoms with E-state index in [1.807, 2.05) is 77.1 Å². The average Bonchev–Trinajstić information content (AvgIpc) is 3.41. The number of aryl methyl sites for hydroxylation is 1. The average molecular weight is 629 g/mol. The van der Waals surface area contributed by atoms with Crippen molar-refractivity contribution in [2.45, 2.75) is 77.8 Å². The van der Waals surface area contributed by atoms with Crippen molar-refractivity contribution in [3.63, 3.8) is 0 Å². The number of aromatic nitrogens is 3. The lowest BCUT2D eigenvalue weighted by atomic mass is 9.92. The van der Waals surface area contributed by atoms with Gasteiger partial charge in [0.1, 0.15) is 23.5 Å². The number of carboxylic acid groups (broad SMARTS) is 1. The number of rotatable bonds is 3. The number of carbonyl (C=O) groups is 1. The normalized spacial score (nSPS) is 21.6. The van der Waals surface area contributed by atoms with E-state index in [0.717, 1.165) is 29.5 Å². The zero-order valence-electron chi connectivity index (χ0n) is 27.2. The number of halogens is 1. The summed E-state index contributed by atoms with van der Waals surface area (Å²) >= 11 is 0. The molecule has 6 bridgehead atoms. The molecule has 1 N–H and O–H groups in total. The molecule has 2 atom stereocenters. The molecule has 46 heavy (non-hydrogen) atoms. The third-order valence-electron chi connectivity index (χ3n) is 8.54. The molecule has 0 unspecified atom stereocenters. The first-order valence-corrected chi connectivity index (χ1v) is 15.7. The number of fused-ring (bicyclic) bond motifs is 6. The van der Waals surface area contributed by atoms with Gasteiger partial charge in [-0.25, -0.2) is 14.2 Å². The van der Waals surface area contributed by atoms with Crippen LogP contribution in [-0.2, 0) is 14.3 Å². The van der Waals surface area contributed by atoms with Crippen LogP contribution in [0, 0.1) is 12.7 Å². The van der Waals surface area contributed by atoms with Gasteiger partial charge in [-0.05, 0) is 84.2 Å². The Morgan fingerprint density at radius 2 is 1.87 bits per heavy atom. The molecule has 0 amide bonds. The predicted octanol–water partition coefficient (Wildman–Crippen LogP) is 7.16. The summed E-state index contributed by atoms with van der Waals surface area (Å²) in [5.74, 6) is -0.380. The maximum atomic E-state index is 14.4. The van der Waals surface area contributed by atoms with Crippen LogP contribution in [-0.4, -0.2) is 62.7 Å². The van der Waals surface area contributed by atoms with Crippen molar-refractivity contribution in [1.29, 1.82) is 0 Å². The van der Waals surface area contributed by atoms with Gasteiger partial charge in [-0.2, -0.15) is 9.61 Å². The van der Waals surface area contributed by atoms with Gasteiger partial charge in [-0.15, -0.1) is 0 Å². The van der Waals surface area contributed by atoms with Gasteiger partial charge in [-0.1, -0.05) is 24.3 Å². The third-order valence-corrected chi connectivity index (χ3v) is 8.54. The highest BCUT2D eigenvalue weighted by Crippen LogP contribution is 2.39. The van der Waals surface area contributed by atoms with Gasteiger partial charge >= 0.3 is 5.97 Å². The number of hydrogen-bond acceptors (Lipinski definition) is 7. The zero-order chi connectivity index (χ0) is 32.8. The van der Waals surface area contributed by atoms with Crippen LogP contribution in [0.2, 0.25) is 0 Å². The lowest BCUT2D eigenvalue weighted by Gasteiger charge is -2.41. The number of ether oxygens (including phenoxy) is 3. The lowest BCUT2D eigenvalue weighted by molar-refractivity contribution is -0.160. The van der Waals surface area contributed by atoms with Gasteiger partial charge in [0, 0.05) is 42.0 Å². The van der Waals surface area contributed by atoms with E-state index in [9.17, 15) is 14.3 Å². The van der Waals surface area contributed by atoms with Crippen LogP contribution in [0.1, 0.15) is 64.8 Å². The predicted molar refractivity (Wildman–Crippen MR) is 175 cm³/mol. The summed E-state index contributed by atoms with van der Waals surface area (Å²) in [4.78, 5) is 19.8. The maximum absolute atomic E-state index is 14.4. The van der Waals surface area contributed by atoms with Crippen LogP contribution in [0.3, 0.4) is 0 Å². The number of nitrogens with zero attached hydrogens (tertiary/aromatic N) is 4. The molecule has 1 fully saturated rings. The molecule has 9 nitrogen and oxygen atoms in total. The van der Waals surface area contributed by atoms with E-state index < -0.39 is 17.7 Å². The van der Waals surface area contributed by atoms with Gasteiger partial charge in [-0.3, -0.25) is 0 Å². The molecule has 2 aromatic heterocycles. The maximum Gasteiger partial charge on any atom is 0.337 e. The molecule has 0 spiro atoms. The number of anilines is 1. The number of hydrogen-bond donors (Lipinski definition) is 1. The number of aliphatic carboxylic acids is 1. The van der Waals surface area contributed by atoms with E-state index in [2.05, 4.69) is 11.8 Å². The van der Waals surface area contributed by atoms with Crippen molar-refractivity contribution in [2.24, 2.45) is 0 Å². The highest BCUT2D eigenvalue weighted by Gasteiger charge is 2.37. The van der Waals surface area contributed by atoms with Gasteiger partial charge in [0.15, 0.2) is 11.8 Å². The van der Waals surface area contributed by atoms with Crippen LogP contribution < -0.4 is 9.64 Å². The Morgan fingerprint density at radius 1 is 1.13 bits per heavy atom. The van der Waals surface area contributed by atoms with Crippen LogP contribution in [0.25, 0.3) is 28.0 Å². The molecule has 5 heterocycles.